The molecular formula is C25H20F2N4O4S. The standard InChI is InChI=1S/C25H20F2N4O4S/c1-2-34-24(33)23-21-12(10-28-23)19(20-14(29-21)4-3-5-16(20)32)17-6-7-18(35-17)36-25-30-15-9-11(26)8-13(27)22(15)31-25/h6-10,19-20,28H,2-5H2,1H3,(H,30,31). The molecule has 184 valence electrons. The average molecular weight is 511 g/mol. The van der Waals surface area contributed by atoms with Gasteiger partial charge in [0, 0.05) is 30.0 Å². The first kappa shape index (κ1) is 22.7. The highest BCUT2D eigenvalue weighted by Gasteiger charge is 2.44. The molecule has 0 spiro atoms. The predicted octanol–water partition coefficient (Wildman–Crippen LogP) is 5.68. The van der Waals surface area contributed by atoms with E-state index in [2.05, 4.69) is 15.0 Å². The van der Waals surface area contributed by atoms with Gasteiger partial charge < -0.3 is 19.1 Å². The summed E-state index contributed by atoms with van der Waals surface area (Å²) < 4.78 is 38.9. The third kappa shape index (κ3) is 3.74. The van der Waals surface area contributed by atoms with E-state index >= 15 is 0 Å². The number of aliphatic imine (C=N–C) groups is 1. The van der Waals surface area contributed by atoms with Crippen LogP contribution in [0.4, 0.5) is 14.5 Å². The van der Waals surface area contributed by atoms with Crippen LogP contribution < -0.4 is 0 Å². The first-order chi connectivity index (χ1) is 17.4. The highest BCUT2D eigenvalue weighted by atomic mass is 32.2. The van der Waals surface area contributed by atoms with Crippen LogP contribution in [0.1, 0.15) is 53.9 Å². The van der Waals surface area contributed by atoms with Gasteiger partial charge in [-0.05, 0) is 49.7 Å². The summed E-state index contributed by atoms with van der Waals surface area (Å²) in [4.78, 5) is 40.3. The number of carbonyl (C=O) groups is 2. The number of ether oxygens (including phenoxy) is 1. The zero-order valence-electron chi connectivity index (χ0n) is 19.1. The quantitative estimate of drug-likeness (QED) is 0.334. The molecule has 36 heavy (non-hydrogen) atoms. The van der Waals surface area contributed by atoms with E-state index in [1.807, 2.05) is 0 Å². The zero-order valence-corrected chi connectivity index (χ0v) is 19.9. The monoisotopic (exact) mass is 510 g/mol. The fourth-order valence-electron chi connectivity index (χ4n) is 4.95. The number of hydrogen-bond donors (Lipinski definition) is 2. The Bertz CT molecular complexity index is 1550. The number of halogens is 2. The molecule has 1 aliphatic heterocycles. The molecule has 1 saturated carbocycles. The van der Waals surface area contributed by atoms with E-state index in [-0.39, 0.29) is 29.1 Å². The van der Waals surface area contributed by atoms with Crippen LogP contribution >= 0.6 is 11.8 Å². The number of furan rings is 1. The molecule has 2 N–H and O–H groups in total. The molecule has 2 aliphatic rings. The molecular weight excluding hydrogens is 490 g/mol. The SMILES string of the molecule is CCOC(=O)c1[nH]cc2c1N=C1CCCC(=O)C1C2c1ccc(Sc2nc3c(F)cc(F)cc3[nH]2)o1. The van der Waals surface area contributed by atoms with E-state index in [1.54, 1.807) is 25.3 Å². The third-order valence-corrected chi connectivity index (χ3v) is 7.24. The number of rotatable bonds is 5. The van der Waals surface area contributed by atoms with Gasteiger partial charge in [0.25, 0.3) is 0 Å². The molecule has 2 atom stereocenters. The molecule has 4 aromatic rings. The number of Topliss-reactive ketones (excluding diaryl/α,β-unsaturated/α-hetero) is 1. The molecule has 2 unspecified atom stereocenters. The van der Waals surface area contributed by atoms with Crippen molar-refractivity contribution in [3.63, 3.8) is 0 Å². The third-order valence-electron chi connectivity index (χ3n) is 6.44. The number of nitrogens with zero attached hydrogens (tertiary/aromatic N) is 2. The van der Waals surface area contributed by atoms with Crippen molar-refractivity contribution in [1.29, 1.82) is 0 Å². The topological polar surface area (TPSA) is 113 Å². The molecule has 6 rings (SSSR count). The number of aromatic nitrogens is 3. The van der Waals surface area contributed by atoms with Gasteiger partial charge in [0.1, 0.15) is 22.9 Å². The molecule has 0 amide bonds. The van der Waals surface area contributed by atoms with Crippen molar-refractivity contribution < 1.29 is 27.5 Å². The Morgan fingerprint density at radius 2 is 2.11 bits per heavy atom. The maximum atomic E-state index is 14.1. The lowest BCUT2D eigenvalue weighted by atomic mass is 9.72. The van der Waals surface area contributed by atoms with E-state index in [9.17, 15) is 18.4 Å². The number of nitrogens with one attached hydrogen (secondary N) is 2. The lowest BCUT2D eigenvalue weighted by Gasteiger charge is -2.32. The largest absolute Gasteiger partial charge is 0.461 e. The second-order valence-electron chi connectivity index (χ2n) is 8.65. The van der Waals surface area contributed by atoms with Crippen LogP contribution in [0.3, 0.4) is 0 Å². The van der Waals surface area contributed by atoms with Crippen LogP contribution in [0.15, 0.2) is 50.1 Å². The van der Waals surface area contributed by atoms with E-state index in [0.717, 1.165) is 23.5 Å². The first-order valence-corrected chi connectivity index (χ1v) is 12.4. The number of benzene rings is 1. The lowest BCUT2D eigenvalue weighted by molar-refractivity contribution is -0.122. The normalized spacial score (nSPS) is 19.2. The van der Waals surface area contributed by atoms with Crippen molar-refractivity contribution in [2.24, 2.45) is 10.9 Å². The Kier molecular flexibility index (Phi) is 5.51. The number of fused-ring (bicyclic) bond motifs is 3. The molecule has 0 bridgehead atoms. The minimum absolute atomic E-state index is 0.0371. The lowest BCUT2D eigenvalue weighted by Crippen LogP contribution is -2.36. The Hall–Kier alpha value is -3.73. The maximum Gasteiger partial charge on any atom is 0.357 e. The second-order valence-corrected chi connectivity index (χ2v) is 9.64. The van der Waals surface area contributed by atoms with Gasteiger partial charge in [0.05, 0.1) is 29.6 Å². The van der Waals surface area contributed by atoms with Gasteiger partial charge in [-0.15, -0.1) is 0 Å². The smallest absolute Gasteiger partial charge is 0.357 e. The number of hydrogen-bond acceptors (Lipinski definition) is 7. The summed E-state index contributed by atoms with van der Waals surface area (Å²) >= 11 is 1.12. The highest BCUT2D eigenvalue weighted by Crippen LogP contribution is 2.48. The van der Waals surface area contributed by atoms with Gasteiger partial charge in [-0.3, -0.25) is 9.79 Å². The van der Waals surface area contributed by atoms with Gasteiger partial charge in [-0.25, -0.2) is 18.6 Å². The molecule has 1 aliphatic carbocycles. The van der Waals surface area contributed by atoms with Crippen molar-refractivity contribution in [1.82, 2.24) is 15.0 Å². The van der Waals surface area contributed by atoms with Gasteiger partial charge in [0.2, 0.25) is 0 Å². The Morgan fingerprint density at radius 1 is 1.25 bits per heavy atom. The summed E-state index contributed by atoms with van der Waals surface area (Å²) in [7, 11) is 0. The van der Waals surface area contributed by atoms with E-state index < -0.39 is 29.4 Å². The summed E-state index contributed by atoms with van der Waals surface area (Å²) in [6.07, 6.45) is 3.50. The van der Waals surface area contributed by atoms with Crippen LogP contribution in [-0.2, 0) is 9.53 Å². The minimum atomic E-state index is -0.754. The summed E-state index contributed by atoms with van der Waals surface area (Å²) in [5, 5.41) is 0.793. The van der Waals surface area contributed by atoms with Crippen LogP contribution in [0.5, 0.6) is 0 Å². The molecule has 3 aromatic heterocycles. The fourth-order valence-corrected chi connectivity index (χ4v) is 5.71. The maximum absolute atomic E-state index is 14.1. The van der Waals surface area contributed by atoms with Crippen LogP contribution in [0, 0.1) is 17.6 Å². The molecule has 8 nitrogen and oxygen atoms in total. The van der Waals surface area contributed by atoms with Crippen molar-refractivity contribution in [3.8, 4) is 0 Å². The number of H-pyrrole nitrogens is 2. The number of ketones is 1. The molecule has 1 aromatic carbocycles. The Balaban J connectivity index is 1.37. The molecule has 4 heterocycles. The first-order valence-electron chi connectivity index (χ1n) is 11.5. The van der Waals surface area contributed by atoms with Gasteiger partial charge in [-0.1, -0.05) is 0 Å². The van der Waals surface area contributed by atoms with Crippen molar-refractivity contribution in [2.75, 3.05) is 6.61 Å². The van der Waals surface area contributed by atoms with Crippen LogP contribution in [0.25, 0.3) is 11.0 Å². The minimum Gasteiger partial charge on any atom is -0.461 e. The van der Waals surface area contributed by atoms with Gasteiger partial charge in [-0.2, -0.15) is 0 Å². The predicted molar refractivity (Wildman–Crippen MR) is 127 cm³/mol. The van der Waals surface area contributed by atoms with Crippen molar-refractivity contribution in [2.45, 2.75) is 42.4 Å². The summed E-state index contributed by atoms with van der Waals surface area (Å²) in [5.41, 5.74) is 2.42. The summed E-state index contributed by atoms with van der Waals surface area (Å²) in [5.74, 6) is -2.29. The van der Waals surface area contributed by atoms with E-state index in [1.165, 1.54) is 6.07 Å². The summed E-state index contributed by atoms with van der Waals surface area (Å²) in [6.45, 7) is 1.96. The number of carbonyl (C=O) groups excluding carboxylic acids is 2. The summed E-state index contributed by atoms with van der Waals surface area (Å²) in [6, 6.07) is 5.48. The van der Waals surface area contributed by atoms with Gasteiger partial charge in [0.15, 0.2) is 21.8 Å². The molecule has 0 radical (unpaired) electrons. The number of aromatic amines is 2. The Morgan fingerprint density at radius 3 is 2.94 bits per heavy atom. The average Bonchev–Trinajstić information content (AvgIpc) is 3.56. The fraction of sp³-hybridized carbons (Fsp3) is 0.280. The Labute approximate surface area is 207 Å². The zero-order chi connectivity index (χ0) is 25.0. The highest BCUT2D eigenvalue weighted by molar-refractivity contribution is 7.99. The van der Waals surface area contributed by atoms with Gasteiger partial charge >= 0.3 is 5.97 Å². The number of imidazole rings is 1. The van der Waals surface area contributed by atoms with Crippen LogP contribution in [0.2, 0.25) is 0 Å². The molecule has 1 fully saturated rings. The molecule has 11 heteroatoms. The second kappa shape index (κ2) is 8.74. The molecule has 0 saturated heterocycles. The van der Waals surface area contributed by atoms with Crippen LogP contribution in [-0.4, -0.2) is 39.0 Å². The number of esters is 1. The van der Waals surface area contributed by atoms with E-state index in [4.69, 9.17) is 14.1 Å². The van der Waals surface area contributed by atoms with Crippen molar-refractivity contribution >= 4 is 45.9 Å². The van der Waals surface area contributed by atoms with E-state index in [0.29, 0.717) is 46.5 Å². The van der Waals surface area contributed by atoms with Crippen molar-refractivity contribution in [3.05, 3.63) is 59.1 Å².